The van der Waals surface area contributed by atoms with Crippen LogP contribution in [0, 0.1) is 0 Å². The van der Waals surface area contributed by atoms with E-state index < -0.39 is 0 Å². The highest BCUT2D eigenvalue weighted by atomic mass is 35.5. The van der Waals surface area contributed by atoms with Crippen LogP contribution >= 0.6 is 11.6 Å². The Morgan fingerprint density at radius 3 is 2.75 bits per heavy atom. The summed E-state index contributed by atoms with van der Waals surface area (Å²) in [5.41, 5.74) is 7.12. The molecule has 3 nitrogen and oxygen atoms in total. The first-order valence-corrected chi connectivity index (χ1v) is 7.88. The lowest BCUT2D eigenvalue weighted by Crippen LogP contribution is -2.36. The molecule has 1 aliphatic rings. The largest absolute Gasteiger partial charge is 0.496 e. The standard InChI is InChI=1S/C16H25ClN2O/c1-3-4-10-19(12-8-9-12)14(11-18)16-13(17)6-5-7-15(16)20-2/h5-7,12,14H,3-4,8-11,18H2,1-2H3. The lowest BCUT2D eigenvalue weighted by atomic mass is 10.0. The number of hydrogen-bond acceptors (Lipinski definition) is 3. The summed E-state index contributed by atoms with van der Waals surface area (Å²) >= 11 is 6.42. The number of halogens is 1. The van der Waals surface area contributed by atoms with Gasteiger partial charge >= 0.3 is 0 Å². The molecule has 2 N–H and O–H groups in total. The molecule has 0 amide bonds. The molecule has 1 aromatic rings. The Balaban J connectivity index is 2.29. The fourth-order valence-electron chi connectivity index (χ4n) is 2.78. The van der Waals surface area contributed by atoms with E-state index in [-0.39, 0.29) is 6.04 Å². The number of methoxy groups -OCH3 is 1. The van der Waals surface area contributed by atoms with Crippen molar-refractivity contribution in [2.45, 2.75) is 44.7 Å². The summed E-state index contributed by atoms with van der Waals surface area (Å²) in [5, 5.41) is 0.752. The Bertz CT molecular complexity index is 434. The number of ether oxygens (including phenoxy) is 1. The van der Waals surface area contributed by atoms with Crippen LogP contribution in [0.4, 0.5) is 0 Å². The first kappa shape index (κ1) is 15.6. The predicted octanol–water partition coefficient (Wildman–Crippen LogP) is 3.61. The number of nitrogens with two attached hydrogens (primary N) is 1. The van der Waals surface area contributed by atoms with Gasteiger partial charge < -0.3 is 10.5 Å². The van der Waals surface area contributed by atoms with E-state index in [4.69, 9.17) is 22.1 Å². The number of rotatable bonds is 8. The fourth-order valence-corrected chi connectivity index (χ4v) is 3.07. The Morgan fingerprint density at radius 1 is 1.45 bits per heavy atom. The molecule has 1 aromatic carbocycles. The maximum Gasteiger partial charge on any atom is 0.125 e. The molecule has 1 unspecified atom stereocenters. The monoisotopic (exact) mass is 296 g/mol. The topological polar surface area (TPSA) is 38.5 Å². The average molecular weight is 297 g/mol. The van der Waals surface area contributed by atoms with Gasteiger partial charge in [-0.15, -0.1) is 0 Å². The fraction of sp³-hybridized carbons (Fsp3) is 0.625. The molecule has 0 spiro atoms. The summed E-state index contributed by atoms with van der Waals surface area (Å²) in [7, 11) is 1.69. The van der Waals surface area contributed by atoms with Crippen LogP contribution in [0.3, 0.4) is 0 Å². The Labute approximate surface area is 127 Å². The zero-order valence-corrected chi connectivity index (χ0v) is 13.2. The van der Waals surface area contributed by atoms with Gasteiger partial charge in [-0.25, -0.2) is 0 Å². The van der Waals surface area contributed by atoms with E-state index in [0.717, 1.165) is 22.9 Å². The summed E-state index contributed by atoms with van der Waals surface area (Å²) in [5.74, 6) is 0.843. The number of hydrogen-bond donors (Lipinski definition) is 1. The van der Waals surface area contributed by atoms with Crippen LogP contribution in [0.1, 0.15) is 44.2 Å². The average Bonchev–Trinajstić information content (AvgIpc) is 3.28. The molecule has 0 aliphatic heterocycles. The summed E-state index contributed by atoms with van der Waals surface area (Å²) in [6, 6.07) is 6.63. The first-order valence-electron chi connectivity index (χ1n) is 7.51. The second-order valence-corrected chi connectivity index (χ2v) is 5.84. The molecule has 112 valence electrons. The van der Waals surface area contributed by atoms with E-state index >= 15 is 0 Å². The normalized spacial score (nSPS) is 16.4. The molecular weight excluding hydrogens is 272 g/mol. The Kier molecular flexibility index (Phi) is 5.70. The van der Waals surface area contributed by atoms with Crippen LogP contribution in [0.15, 0.2) is 18.2 Å². The minimum absolute atomic E-state index is 0.151. The van der Waals surface area contributed by atoms with Crippen LogP contribution in [0.25, 0.3) is 0 Å². The van der Waals surface area contributed by atoms with Gasteiger partial charge in [0.1, 0.15) is 5.75 Å². The quantitative estimate of drug-likeness (QED) is 0.796. The number of benzene rings is 1. The molecule has 2 rings (SSSR count). The lowest BCUT2D eigenvalue weighted by molar-refractivity contribution is 0.185. The summed E-state index contributed by atoms with van der Waals surface area (Å²) in [6.07, 6.45) is 4.93. The minimum atomic E-state index is 0.151. The lowest BCUT2D eigenvalue weighted by Gasteiger charge is -2.32. The van der Waals surface area contributed by atoms with Crippen molar-refractivity contribution in [1.82, 2.24) is 4.90 Å². The molecule has 0 heterocycles. The van der Waals surface area contributed by atoms with Crippen LogP contribution in [-0.4, -0.2) is 31.1 Å². The van der Waals surface area contributed by atoms with E-state index in [1.165, 1.54) is 25.7 Å². The highest BCUT2D eigenvalue weighted by Crippen LogP contribution is 2.40. The minimum Gasteiger partial charge on any atom is -0.496 e. The molecule has 0 aromatic heterocycles. The maximum absolute atomic E-state index is 6.42. The van der Waals surface area contributed by atoms with Crippen molar-refractivity contribution in [2.75, 3.05) is 20.2 Å². The third-order valence-corrected chi connectivity index (χ3v) is 4.30. The van der Waals surface area contributed by atoms with Crippen molar-refractivity contribution >= 4 is 11.6 Å². The van der Waals surface area contributed by atoms with Gasteiger partial charge in [-0.1, -0.05) is 31.0 Å². The van der Waals surface area contributed by atoms with E-state index in [2.05, 4.69) is 11.8 Å². The Morgan fingerprint density at radius 2 is 2.20 bits per heavy atom. The molecule has 1 atom stereocenters. The van der Waals surface area contributed by atoms with Crippen LogP contribution in [0.2, 0.25) is 5.02 Å². The summed E-state index contributed by atoms with van der Waals surface area (Å²) in [6.45, 7) is 3.87. The van der Waals surface area contributed by atoms with Gasteiger partial charge in [0.25, 0.3) is 0 Å². The molecule has 4 heteroatoms. The van der Waals surface area contributed by atoms with Gasteiger partial charge in [-0.3, -0.25) is 4.90 Å². The van der Waals surface area contributed by atoms with Gasteiger partial charge in [-0.05, 0) is 37.9 Å². The summed E-state index contributed by atoms with van der Waals surface area (Å²) < 4.78 is 5.50. The highest BCUT2D eigenvalue weighted by Gasteiger charge is 2.35. The zero-order chi connectivity index (χ0) is 14.5. The van der Waals surface area contributed by atoms with E-state index in [1.807, 2.05) is 18.2 Å². The van der Waals surface area contributed by atoms with Crippen LogP contribution < -0.4 is 10.5 Å². The molecule has 1 fully saturated rings. The number of unbranched alkanes of at least 4 members (excludes halogenated alkanes) is 1. The zero-order valence-electron chi connectivity index (χ0n) is 12.4. The van der Waals surface area contributed by atoms with E-state index in [0.29, 0.717) is 12.6 Å². The third-order valence-electron chi connectivity index (χ3n) is 3.98. The first-order chi connectivity index (χ1) is 9.72. The SMILES string of the molecule is CCCCN(C1CC1)C(CN)c1c(Cl)cccc1OC. The van der Waals surface area contributed by atoms with Crippen molar-refractivity contribution < 1.29 is 4.74 Å². The van der Waals surface area contributed by atoms with Gasteiger partial charge in [0.2, 0.25) is 0 Å². The third kappa shape index (κ3) is 3.46. The molecule has 20 heavy (non-hydrogen) atoms. The Hall–Kier alpha value is -0.770. The van der Waals surface area contributed by atoms with Crippen molar-refractivity contribution in [3.63, 3.8) is 0 Å². The number of nitrogens with zero attached hydrogens (tertiary/aromatic N) is 1. The smallest absolute Gasteiger partial charge is 0.125 e. The van der Waals surface area contributed by atoms with E-state index in [1.54, 1.807) is 7.11 Å². The van der Waals surface area contributed by atoms with E-state index in [9.17, 15) is 0 Å². The molecule has 0 bridgehead atoms. The molecule has 1 saturated carbocycles. The molecule has 0 radical (unpaired) electrons. The molecule has 1 aliphatic carbocycles. The predicted molar refractivity (Wildman–Crippen MR) is 84.4 cm³/mol. The second kappa shape index (κ2) is 7.30. The van der Waals surface area contributed by atoms with Crippen molar-refractivity contribution in [3.8, 4) is 5.75 Å². The molecular formula is C16H25ClN2O. The van der Waals surface area contributed by atoms with Gasteiger partial charge in [0.05, 0.1) is 13.2 Å². The van der Waals surface area contributed by atoms with Crippen molar-refractivity contribution in [2.24, 2.45) is 5.73 Å². The second-order valence-electron chi connectivity index (χ2n) is 5.43. The van der Waals surface area contributed by atoms with Gasteiger partial charge in [0.15, 0.2) is 0 Å². The van der Waals surface area contributed by atoms with Gasteiger partial charge in [0, 0.05) is 23.2 Å². The summed E-state index contributed by atoms with van der Waals surface area (Å²) in [4.78, 5) is 2.52. The van der Waals surface area contributed by atoms with Crippen LogP contribution in [0.5, 0.6) is 5.75 Å². The van der Waals surface area contributed by atoms with Gasteiger partial charge in [-0.2, -0.15) is 0 Å². The van der Waals surface area contributed by atoms with Crippen LogP contribution in [-0.2, 0) is 0 Å². The van der Waals surface area contributed by atoms with Crippen molar-refractivity contribution in [3.05, 3.63) is 28.8 Å². The molecule has 0 saturated heterocycles. The maximum atomic E-state index is 6.42. The highest BCUT2D eigenvalue weighted by molar-refractivity contribution is 6.31. The van der Waals surface area contributed by atoms with Crippen molar-refractivity contribution in [1.29, 1.82) is 0 Å².